The molecule has 0 saturated carbocycles. The van der Waals surface area contributed by atoms with Gasteiger partial charge in [0.2, 0.25) is 0 Å². The minimum atomic E-state index is -0.477. The minimum Gasteiger partial charge on any atom is -0.851 e. The van der Waals surface area contributed by atoms with Crippen molar-refractivity contribution in [2.75, 3.05) is 0 Å². The van der Waals surface area contributed by atoms with E-state index in [0.29, 0.717) is 10.5 Å². The van der Waals surface area contributed by atoms with E-state index in [-0.39, 0.29) is 34.8 Å². The maximum Gasteiger partial charge on any atom is 1.00 e. The molecule has 0 radical (unpaired) electrons. The Balaban J connectivity index is 0. The molecule has 0 aliphatic heterocycles. The Kier molecular flexibility index (Phi) is 10.7. The molecular formula is C8H17NaOS2. The summed E-state index contributed by atoms with van der Waals surface area (Å²) >= 11 is 6.04. The fourth-order valence-corrected chi connectivity index (χ4v) is 1.90. The predicted molar refractivity (Wildman–Crippen MR) is 54.4 cm³/mol. The fourth-order valence-electron chi connectivity index (χ4n) is 0.563. The molecular weight excluding hydrogens is 199 g/mol. The van der Waals surface area contributed by atoms with Crippen LogP contribution in [0.15, 0.2) is 0 Å². The van der Waals surface area contributed by atoms with Gasteiger partial charge in [-0.3, -0.25) is 0 Å². The van der Waals surface area contributed by atoms with Gasteiger partial charge in [-0.1, -0.05) is 27.7 Å². The first-order valence-electron chi connectivity index (χ1n) is 3.94. The molecule has 0 spiro atoms. The van der Waals surface area contributed by atoms with Crippen molar-refractivity contribution in [2.45, 2.75) is 49.5 Å². The molecule has 0 saturated heterocycles. The van der Waals surface area contributed by atoms with E-state index in [1.807, 2.05) is 6.92 Å². The van der Waals surface area contributed by atoms with Gasteiger partial charge in [0, 0.05) is 10.5 Å². The third kappa shape index (κ3) is 7.10. The largest absolute Gasteiger partial charge is 1.00 e. The van der Waals surface area contributed by atoms with Gasteiger partial charge in [0.15, 0.2) is 0 Å². The molecule has 0 aromatic carbocycles. The van der Waals surface area contributed by atoms with E-state index >= 15 is 0 Å². The van der Waals surface area contributed by atoms with E-state index in [9.17, 15) is 5.11 Å². The van der Waals surface area contributed by atoms with Crippen molar-refractivity contribution in [3.05, 3.63) is 0 Å². The number of thioether (sulfide) groups is 1. The molecule has 0 fully saturated rings. The second-order valence-electron chi connectivity index (χ2n) is 2.99. The van der Waals surface area contributed by atoms with Crippen LogP contribution in [0.25, 0.3) is 0 Å². The average molecular weight is 216 g/mol. The van der Waals surface area contributed by atoms with Crippen molar-refractivity contribution >= 4 is 24.4 Å². The van der Waals surface area contributed by atoms with Gasteiger partial charge in [-0.05, 0) is 5.25 Å². The maximum atomic E-state index is 10.9. The summed E-state index contributed by atoms with van der Waals surface area (Å²) in [6.45, 7) is 7.87. The molecule has 12 heavy (non-hydrogen) atoms. The molecule has 0 N–H and O–H groups in total. The molecule has 0 aromatic rings. The van der Waals surface area contributed by atoms with Gasteiger partial charge >= 0.3 is 29.6 Å². The summed E-state index contributed by atoms with van der Waals surface area (Å²) in [5.74, 6) is 0. The first-order valence-corrected chi connectivity index (χ1v) is 5.40. The smallest absolute Gasteiger partial charge is 0.851 e. The van der Waals surface area contributed by atoms with Crippen LogP contribution in [0.3, 0.4) is 0 Å². The minimum absolute atomic E-state index is 0. The SMILES string of the molecule is CC([O-])C(C)SC(C)C(C)S.[Na+]. The van der Waals surface area contributed by atoms with Crippen LogP contribution in [0.2, 0.25) is 0 Å². The summed E-state index contributed by atoms with van der Waals surface area (Å²) in [6.07, 6.45) is -0.477. The van der Waals surface area contributed by atoms with Crippen molar-refractivity contribution in [1.29, 1.82) is 0 Å². The van der Waals surface area contributed by atoms with Crippen LogP contribution in [0.5, 0.6) is 0 Å². The normalized spacial score (nSPS) is 20.5. The first kappa shape index (κ1) is 16.1. The van der Waals surface area contributed by atoms with Crippen LogP contribution >= 0.6 is 24.4 Å². The molecule has 0 bridgehead atoms. The summed E-state index contributed by atoms with van der Waals surface area (Å²) in [7, 11) is 0. The molecule has 0 amide bonds. The van der Waals surface area contributed by atoms with Crippen LogP contribution in [-0.4, -0.2) is 21.9 Å². The maximum absolute atomic E-state index is 10.9. The molecule has 1 nitrogen and oxygen atoms in total. The third-order valence-corrected chi connectivity index (χ3v) is 4.07. The zero-order valence-electron chi connectivity index (χ0n) is 8.57. The molecule has 0 aromatic heterocycles. The molecule has 0 aliphatic rings. The standard InChI is InChI=1S/C8H17OS2.Na/c1-5(9)7(3)11-8(4)6(2)10;/h5-8,10H,1-4H3;/q-1;+1. The van der Waals surface area contributed by atoms with Crippen LogP contribution in [0, 0.1) is 0 Å². The fraction of sp³-hybridized carbons (Fsp3) is 1.00. The van der Waals surface area contributed by atoms with Gasteiger partial charge in [-0.2, -0.15) is 24.4 Å². The molecule has 4 unspecified atom stereocenters. The Morgan fingerprint density at radius 1 is 1.08 bits per heavy atom. The molecule has 0 rings (SSSR count). The zero-order chi connectivity index (χ0) is 9.02. The number of hydrogen-bond donors (Lipinski definition) is 1. The van der Waals surface area contributed by atoms with Gasteiger partial charge in [0.05, 0.1) is 0 Å². The predicted octanol–water partition coefficient (Wildman–Crippen LogP) is -1.43. The number of thiol groups is 1. The Morgan fingerprint density at radius 2 is 1.50 bits per heavy atom. The van der Waals surface area contributed by atoms with Crippen LogP contribution in [0.1, 0.15) is 27.7 Å². The average Bonchev–Trinajstić information content (AvgIpc) is 1.87. The Labute approximate surface area is 108 Å². The van der Waals surface area contributed by atoms with E-state index in [1.165, 1.54) is 0 Å². The molecule has 68 valence electrons. The van der Waals surface area contributed by atoms with E-state index in [1.54, 1.807) is 18.7 Å². The van der Waals surface area contributed by atoms with Crippen molar-refractivity contribution in [2.24, 2.45) is 0 Å². The van der Waals surface area contributed by atoms with Gasteiger partial charge in [0.1, 0.15) is 0 Å². The summed E-state index contributed by atoms with van der Waals surface area (Å²) < 4.78 is 0. The summed E-state index contributed by atoms with van der Waals surface area (Å²) in [4.78, 5) is 0. The van der Waals surface area contributed by atoms with Crippen molar-refractivity contribution in [1.82, 2.24) is 0 Å². The second kappa shape index (κ2) is 8.01. The van der Waals surface area contributed by atoms with Crippen molar-refractivity contribution in [3.8, 4) is 0 Å². The zero-order valence-corrected chi connectivity index (χ0v) is 12.3. The Bertz CT molecular complexity index is 97.2. The topological polar surface area (TPSA) is 23.1 Å². The Hall–Kier alpha value is 1.66. The van der Waals surface area contributed by atoms with Crippen molar-refractivity contribution in [3.63, 3.8) is 0 Å². The van der Waals surface area contributed by atoms with Gasteiger partial charge in [0.25, 0.3) is 0 Å². The summed E-state index contributed by atoms with van der Waals surface area (Å²) in [6, 6.07) is 0. The quantitative estimate of drug-likeness (QED) is 0.460. The van der Waals surface area contributed by atoms with E-state index in [2.05, 4.69) is 26.5 Å². The van der Waals surface area contributed by atoms with E-state index < -0.39 is 6.10 Å². The molecule has 4 heteroatoms. The van der Waals surface area contributed by atoms with Crippen LogP contribution < -0.4 is 34.7 Å². The molecule has 0 heterocycles. The van der Waals surface area contributed by atoms with E-state index in [4.69, 9.17) is 0 Å². The van der Waals surface area contributed by atoms with Gasteiger partial charge < -0.3 is 5.11 Å². The van der Waals surface area contributed by atoms with Gasteiger partial charge in [-0.25, -0.2) is 0 Å². The van der Waals surface area contributed by atoms with Crippen LogP contribution in [-0.2, 0) is 0 Å². The number of rotatable bonds is 4. The third-order valence-electron chi connectivity index (χ3n) is 1.77. The second-order valence-corrected chi connectivity index (χ2v) is 5.57. The number of hydrogen-bond acceptors (Lipinski definition) is 3. The summed E-state index contributed by atoms with van der Waals surface area (Å²) in [5.41, 5.74) is 0. The first-order chi connectivity index (χ1) is 4.95. The molecule has 0 aliphatic carbocycles. The van der Waals surface area contributed by atoms with Gasteiger partial charge in [-0.15, -0.1) is 6.10 Å². The van der Waals surface area contributed by atoms with Crippen molar-refractivity contribution < 1.29 is 34.7 Å². The van der Waals surface area contributed by atoms with Crippen LogP contribution in [0.4, 0.5) is 0 Å². The summed E-state index contributed by atoms with van der Waals surface area (Å²) in [5, 5.41) is 12.0. The Morgan fingerprint density at radius 3 is 1.75 bits per heavy atom. The van der Waals surface area contributed by atoms with E-state index in [0.717, 1.165) is 0 Å². The molecule has 4 atom stereocenters. The monoisotopic (exact) mass is 216 g/mol.